The first-order valence-electron chi connectivity index (χ1n) is 8.08. The Bertz CT molecular complexity index is 1040. The fraction of sp³-hybridized carbons (Fsp3) is 0.105. The summed E-state index contributed by atoms with van der Waals surface area (Å²) in [5.74, 6) is -0.801. The summed E-state index contributed by atoms with van der Waals surface area (Å²) in [4.78, 5) is 29.7. The topological polar surface area (TPSA) is 80.3 Å². The molecule has 0 fully saturated rings. The first kappa shape index (κ1) is 17.5. The molecular weight excluding hydrogens is 386 g/mol. The molecule has 2 aromatic carbocycles. The van der Waals surface area contributed by atoms with Gasteiger partial charge in [0.15, 0.2) is 5.13 Å². The first-order chi connectivity index (χ1) is 13.0. The van der Waals surface area contributed by atoms with Crippen LogP contribution in [-0.4, -0.2) is 22.4 Å². The van der Waals surface area contributed by atoms with Crippen LogP contribution in [0.2, 0.25) is 5.02 Å². The maximum atomic E-state index is 12.8. The predicted molar refractivity (Wildman–Crippen MR) is 105 cm³/mol. The zero-order valence-corrected chi connectivity index (χ0v) is 15.7. The molecule has 0 bridgehead atoms. The Kier molecular flexibility index (Phi) is 4.33. The van der Waals surface area contributed by atoms with Crippen LogP contribution in [0.4, 0.5) is 10.8 Å². The number of ether oxygens (including phenoxy) is 1. The van der Waals surface area contributed by atoms with Crippen LogP contribution in [0, 0.1) is 0 Å². The molecule has 3 aromatic rings. The maximum absolute atomic E-state index is 12.8. The number of anilines is 2. The van der Waals surface area contributed by atoms with Crippen LogP contribution in [0.5, 0.6) is 5.75 Å². The number of carbonyl (C=O) groups is 2. The predicted octanol–water partition coefficient (Wildman–Crippen LogP) is 4.19. The van der Waals surface area contributed by atoms with Crippen molar-refractivity contribution in [3.63, 3.8) is 0 Å². The van der Waals surface area contributed by atoms with Crippen molar-refractivity contribution in [2.24, 2.45) is 0 Å². The summed E-state index contributed by atoms with van der Waals surface area (Å²) in [5.41, 5.74) is 0.394. The molecule has 0 saturated carbocycles. The van der Waals surface area contributed by atoms with Gasteiger partial charge in [-0.05, 0) is 25.1 Å². The monoisotopic (exact) mass is 399 g/mol. The van der Waals surface area contributed by atoms with Gasteiger partial charge < -0.3 is 10.1 Å². The van der Waals surface area contributed by atoms with Crippen molar-refractivity contribution in [3.05, 3.63) is 58.9 Å². The molecule has 2 heterocycles. The molecule has 0 radical (unpaired) electrons. The van der Waals surface area contributed by atoms with Gasteiger partial charge in [-0.3, -0.25) is 14.9 Å². The number of halogens is 1. The minimum Gasteiger partial charge on any atom is -0.466 e. The maximum Gasteiger partial charge on any atom is 0.280 e. The molecule has 4 rings (SSSR count). The lowest BCUT2D eigenvalue weighted by molar-refractivity contribution is -0.143. The van der Waals surface area contributed by atoms with Gasteiger partial charge in [0.05, 0.1) is 11.4 Å². The third-order valence-electron chi connectivity index (χ3n) is 4.16. The Morgan fingerprint density at radius 1 is 1.26 bits per heavy atom. The molecular formula is C19H14ClN3O3S. The number of rotatable bonds is 3. The molecule has 1 aliphatic rings. The number of hydrogen-bond donors (Lipinski definition) is 2. The summed E-state index contributed by atoms with van der Waals surface area (Å²) < 4.78 is 5.71. The van der Waals surface area contributed by atoms with E-state index in [9.17, 15) is 9.59 Å². The van der Waals surface area contributed by atoms with Crippen LogP contribution in [0.3, 0.4) is 0 Å². The van der Waals surface area contributed by atoms with Gasteiger partial charge in [-0.15, -0.1) is 11.3 Å². The summed E-state index contributed by atoms with van der Waals surface area (Å²) in [6.45, 7) is 1.42. The van der Waals surface area contributed by atoms with Crippen LogP contribution in [0.1, 0.15) is 6.92 Å². The molecule has 1 aliphatic heterocycles. The molecule has 0 spiro atoms. The molecule has 0 aliphatic carbocycles. The molecule has 1 atom stereocenters. The lowest BCUT2D eigenvalue weighted by Gasteiger charge is -2.33. The number of hydrogen-bond acceptors (Lipinski definition) is 5. The quantitative estimate of drug-likeness (QED) is 0.647. The number of thiazole rings is 1. The van der Waals surface area contributed by atoms with Crippen molar-refractivity contribution < 1.29 is 14.3 Å². The second-order valence-electron chi connectivity index (χ2n) is 6.09. The summed E-state index contributed by atoms with van der Waals surface area (Å²) in [5, 5.41) is 8.02. The van der Waals surface area contributed by atoms with E-state index in [1.54, 1.807) is 18.2 Å². The molecule has 136 valence electrons. The first-order valence-corrected chi connectivity index (χ1v) is 9.34. The van der Waals surface area contributed by atoms with Crippen molar-refractivity contribution in [2.75, 3.05) is 10.6 Å². The number of carbonyl (C=O) groups excluding carboxylic acids is 2. The van der Waals surface area contributed by atoms with E-state index in [1.165, 1.54) is 18.3 Å². The van der Waals surface area contributed by atoms with Crippen molar-refractivity contribution in [1.82, 2.24) is 4.98 Å². The van der Waals surface area contributed by atoms with Gasteiger partial charge in [-0.25, -0.2) is 4.98 Å². The second kappa shape index (κ2) is 6.68. The van der Waals surface area contributed by atoms with Crippen LogP contribution in [0.25, 0.3) is 11.3 Å². The lowest BCUT2D eigenvalue weighted by atomic mass is 10.0. The highest BCUT2D eigenvalue weighted by atomic mass is 35.5. The van der Waals surface area contributed by atoms with Gasteiger partial charge in [0.25, 0.3) is 17.4 Å². The van der Waals surface area contributed by atoms with Crippen LogP contribution in [0.15, 0.2) is 53.9 Å². The standard InChI is InChI=1S/C19H14ClN3O3S/c1-19(16(24)21-13-9-12(20)7-8-15(13)26-19)17(25)23-18-22-14(10-27-18)11-5-3-2-4-6-11/h2-10H,1H3,(H,21,24)(H,22,23,25). The molecule has 0 saturated heterocycles. The van der Waals surface area contributed by atoms with E-state index >= 15 is 0 Å². The average molecular weight is 400 g/mol. The minimum absolute atomic E-state index is 0.376. The smallest absolute Gasteiger partial charge is 0.280 e. The fourth-order valence-corrected chi connectivity index (χ4v) is 3.52. The van der Waals surface area contributed by atoms with Crippen molar-refractivity contribution in [3.8, 4) is 17.0 Å². The Morgan fingerprint density at radius 3 is 2.81 bits per heavy atom. The third kappa shape index (κ3) is 3.27. The highest BCUT2D eigenvalue weighted by Gasteiger charge is 2.47. The number of aromatic nitrogens is 1. The van der Waals surface area contributed by atoms with Crippen LogP contribution in [-0.2, 0) is 9.59 Å². The summed E-state index contributed by atoms with van der Waals surface area (Å²) in [6, 6.07) is 14.4. The SMILES string of the molecule is CC1(C(=O)Nc2nc(-c3ccccc3)cs2)Oc2ccc(Cl)cc2NC1=O. The van der Waals surface area contributed by atoms with E-state index < -0.39 is 17.4 Å². The van der Waals surface area contributed by atoms with E-state index in [0.717, 1.165) is 11.3 Å². The van der Waals surface area contributed by atoms with Gasteiger partial charge in [0.1, 0.15) is 5.75 Å². The molecule has 1 unspecified atom stereocenters. The lowest BCUT2D eigenvalue weighted by Crippen LogP contribution is -2.56. The van der Waals surface area contributed by atoms with E-state index in [1.807, 2.05) is 35.7 Å². The van der Waals surface area contributed by atoms with E-state index in [2.05, 4.69) is 15.6 Å². The average Bonchev–Trinajstić information content (AvgIpc) is 3.12. The third-order valence-corrected chi connectivity index (χ3v) is 5.16. The zero-order chi connectivity index (χ0) is 19.0. The van der Waals surface area contributed by atoms with Gasteiger partial charge in [-0.2, -0.15) is 0 Å². The molecule has 2 N–H and O–H groups in total. The largest absolute Gasteiger partial charge is 0.466 e. The normalized spacial score (nSPS) is 18.2. The number of fused-ring (bicyclic) bond motifs is 1. The summed E-state index contributed by atoms with van der Waals surface area (Å²) >= 11 is 7.20. The Hall–Kier alpha value is -2.90. The molecule has 1 aromatic heterocycles. The Labute approximate surface area is 164 Å². The van der Waals surface area contributed by atoms with E-state index in [-0.39, 0.29) is 0 Å². The molecule has 8 heteroatoms. The number of amides is 2. The van der Waals surface area contributed by atoms with Crippen molar-refractivity contribution >= 4 is 45.6 Å². The Balaban J connectivity index is 1.55. The molecule has 6 nitrogen and oxygen atoms in total. The minimum atomic E-state index is -1.72. The molecule has 27 heavy (non-hydrogen) atoms. The van der Waals surface area contributed by atoms with E-state index in [0.29, 0.717) is 21.6 Å². The summed E-state index contributed by atoms with van der Waals surface area (Å²) in [6.07, 6.45) is 0. The van der Waals surface area contributed by atoms with Gasteiger partial charge in [0, 0.05) is 16.0 Å². The van der Waals surface area contributed by atoms with Crippen LogP contribution < -0.4 is 15.4 Å². The second-order valence-corrected chi connectivity index (χ2v) is 7.38. The van der Waals surface area contributed by atoms with E-state index in [4.69, 9.17) is 16.3 Å². The molecule has 2 amide bonds. The fourth-order valence-electron chi connectivity index (χ4n) is 2.64. The van der Waals surface area contributed by atoms with Gasteiger partial charge in [-0.1, -0.05) is 41.9 Å². The Morgan fingerprint density at radius 2 is 2.04 bits per heavy atom. The highest BCUT2D eigenvalue weighted by molar-refractivity contribution is 7.14. The van der Waals surface area contributed by atoms with Crippen LogP contribution >= 0.6 is 22.9 Å². The van der Waals surface area contributed by atoms with Crippen molar-refractivity contribution in [2.45, 2.75) is 12.5 Å². The number of benzene rings is 2. The number of nitrogens with one attached hydrogen (secondary N) is 2. The summed E-state index contributed by atoms with van der Waals surface area (Å²) in [7, 11) is 0. The van der Waals surface area contributed by atoms with Gasteiger partial charge in [0.2, 0.25) is 0 Å². The zero-order valence-electron chi connectivity index (χ0n) is 14.2. The van der Waals surface area contributed by atoms with Crippen molar-refractivity contribution in [1.29, 1.82) is 0 Å². The van der Waals surface area contributed by atoms with Gasteiger partial charge >= 0.3 is 0 Å². The highest BCUT2D eigenvalue weighted by Crippen LogP contribution is 2.36. The number of nitrogens with zero attached hydrogens (tertiary/aromatic N) is 1.